The molecule has 108 valence electrons. The molecule has 0 bridgehead atoms. The molecule has 1 fully saturated rings. The van der Waals surface area contributed by atoms with Gasteiger partial charge in [0, 0.05) is 12.7 Å². The van der Waals surface area contributed by atoms with Crippen LogP contribution in [0.1, 0.15) is 36.0 Å². The van der Waals surface area contributed by atoms with Crippen molar-refractivity contribution in [1.82, 2.24) is 4.98 Å². The number of pyridine rings is 1. The Labute approximate surface area is 117 Å². The lowest BCUT2D eigenvalue weighted by molar-refractivity contribution is -0.143. The molecule has 6 nitrogen and oxygen atoms in total. The first kappa shape index (κ1) is 14.3. The Morgan fingerprint density at radius 2 is 2.00 bits per heavy atom. The number of anilines is 1. The maximum atomic E-state index is 10.9. The summed E-state index contributed by atoms with van der Waals surface area (Å²) < 4.78 is 0. The number of nitrogens with one attached hydrogen (secondary N) is 1. The molecule has 0 saturated heterocycles. The van der Waals surface area contributed by atoms with Crippen molar-refractivity contribution in [2.75, 3.05) is 11.9 Å². The summed E-state index contributed by atoms with van der Waals surface area (Å²) in [6, 6.07) is 3.36. The fourth-order valence-electron chi connectivity index (χ4n) is 2.51. The molecule has 6 heteroatoms. The Kier molecular flexibility index (Phi) is 4.55. The monoisotopic (exact) mass is 277 g/mol. The Bertz CT molecular complexity index is 479. The molecule has 1 heterocycles. The number of nitrogens with two attached hydrogens (primary N) is 1. The van der Waals surface area contributed by atoms with Crippen LogP contribution in [0.5, 0.6) is 0 Å². The number of aromatic nitrogens is 1. The normalized spacial score (nSPS) is 22.2. The van der Waals surface area contributed by atoms with Gasteiger partial charge in [0.15, 0.2) is 0 Å². The summed E-state index contributed by atoms with van der Waals surface area (Å²) in [5, 5.41) is 12.2. The predicted molar refractivity (Wildman–Crippen MR) is 74.3 cm³/mol. The van der Waals surface area contributed by atoms with Crippen molar-refractivity contribution in [1.29, 1.82) is 0 Å². The van der Waals surface area contributed by atoms with E-state index in [0.29, 0.717) is 17.3 Å². The average molecular weight is 277 g/mol. The first-order chi connectivity index (χ1) is 9.56. The van der Waals surface area contributed by atoms with Crippen LogP contribution in [0.15, 0.2) is 18.3 Å². The highest BCUT2D eigenvalue weighted by Gasteiger charge is 2.25. The van der Waals surface area contributed by atoms with Crippen LogP contribution in [0.25, 0.3) is 0 Å². The molecule has 0 atom stereocenters. The summed E-state index contributed by atoms with van der Waals surface area (Å²) >= 11 is 0. The fourth-order valence-corrected chi connectivity index (χ4v) is 2.51. The molecule has 1 amide bonds. The molecule has 4 N–H and O–H groups in total. The lowest BCUT2D eigenvalue weighted by Crippen LogP contribution is -2.25. The van der Waals surface area contributed by atoms with Crippen molar-refractivity contribution < 1.29 is 14.7 Å². The van der Waals surface area contributed by atoms with Gasteiger partial charge in [-0.05, 0) is 43.7 Å². The highest BCUT2D eigenvalue weighted by molar-refractivity contribution is 5.92. The van der Waals surface area contributed by atoms with E-state index in [2.05, 4.69) is 10.3 Å². The van der Waals surface area contributed by atoms with Gasteiger partial charge in [0.05, 0.1) is 11.5 Å². The van der Waals surface area contributed by atoms with Gasteiger partial charge in [-0.15, -0.1) is 0 Å². The van der Waals surface area contributed by atoms with Gasteiger partial charge in [0.25, 0.3) is 0 Å². The fraction of sp³-hybridized carbons (Fsp3) is 0.500. The van der Waals surface area contributed by atoms with E-state index < -0.39 is 11.9 Å². The highest BCUT2D eigenvalue weighted by Crippen LogP contribution is 2.28. The minimum absolute atomic E-state index is 0.181. The van der Waals surface area contributed by atoms with Crippen LogP contribution in [-0.4, -0.2) is 28.5 Å². The van der Waals surface area contributed by atoms with E-state index in [1.54, 1.807) is 12.1 Å². The Balaban J connectivity index is 1.78. The van der Waals surface area contributed by atoms with Gasteiger partial charge in [-0.3, -0.25) is 9.59 Å². The topological polar surface area (TPSA) is 105 Å². The number of carboxylic acids is 1. The second-order valence-electron chi connectivity index (χ2n) is 5.23. The lowest BCUT2D eigenvalue weighted by Gasteiger charge is -2.26. The number of carbonyl (C=O) groups excluding carboxylic acids is 1. The third-order valence-corrected chi connectivity index (χ3v) is 3.82. The summed E-state index contributed by atoms with van der Waals surface area (Å²) in [4.78, 5) is 25.9. The first-order valence-corrected chi connectivity index (χ1v) is 6.79. The SMILES string of the molecule is NC(=O)c1ccc(NCC2CCC(C(=O)O)CC2)nc1. The molecule has 0 unspecified atom stereocenters. The quantitative estimate of drug-likeness (QED) is 0.756. The largest absolute Gasteiger partial charge is 0.481 e. The molecule has 1 aromatic rings. The highest BCUT2D eigenvalue weighted by atomic mass is 16.4. The standard InChI is InChI=1S/C14H19N3O3/c15-13(18)11-5-6-12(17-8-11)16-7-9-1-3-10(4-2-9)14(19)20/h5-6,8-10H,1-4,7H2,(H2,15,18)(H,16,17)(H,19,20). The number of nitrogens with zero attached hydrogens (tertiary/aromatic N) is 1. The maximum Gasteiger partial charge on any atom is 0.306 e. The zero-order chi connectivity index (χ0) is 14.5. The van der Waals surface area contributed by atoms with Gasteiger partial charge >= 0.3 is 5.97 Å². The van der Waals surface area contributed by atoms with Crippen LogP contribution in [-0.2, 0) is 4.79 Å². The van der Waals surface area contributed by atoms with E-state index in [1.807, 2.05) is 0 Å². The van der Waals surface area contributed by atoms with Crippen LogP contribution in [0.4, 0.5) is 5.82 Å². The van der Waals surface area contributed by atoms with E-state index in [9.17, 15) is 9.59 Å². The summed E-state index contributed by atoms with van der Waals surface area (Å²) in [5.41, 5.74) is 5.53. The molecular weight excluding hydrogens is 258 g/mol. The third-order valence-electron chi connectivity index (χ3n) is 3.82. The van der Waals surface area contributed by atoms with Gasteiger partial charge in [0.1, 0.15) is 5.82 Å². The minimum atomic E-state index is -0.680. The number of carbonyl (C=O) groups is 2. The zero-order valence-electron chi connectivity index (χ0n) is 11.2. The summed E-state index contributed by atoms with van der Waals surface area (Å²) in [7, 11) is 0. The van der Waals surface area contributed by atoms with Crippen LogP contribution < -0.4 is 11.1 Å². The molecule has 0 spiro atoms. The predicted octanol–water partition coefficient (Wildman–Crippen LogP) is 1.48. The smallest absolute Gasteiger partial charge is 0.306 e. The Hall–Kier alpha value is -2.11. The summed E-state index contributed by atoms with van der Waals surface area (Å²) in [6.45, 7) is 0.773. The maximum absolute atomic E-state index is 10.9. The Morgan fingerprint density at radius 3 is 2.50 bits per heavy atom. The van der Waals surface area contributed by atoms with E-state index in [4.69, 9.17) is 10.8 Å². The lowest BCUT2D eigenvalue weighted by atomic mass is 9.82. The number of hydrogen-bond donors (Lipinski definition) is 3. The van der Waals surface area contributed by atoms with Crippen molar-refractivity contribution in [2.24, 2.45) is 17.6 Å². The van der Waals surface area contributed by atoms with Gasteiger partial charge in [-0.2, -0.15) is 0 Å². The number of primary amides is 1. The third kappa shape index (κ3) is 3.69. The first-order valence-electron chi connectivity index (χ1n) is 6.79. The van der Waals surface area contributed by atoms with Crippen molar-refractivity contribution in [3.63, 3.8) is 0 Å². The summed E-state index contributed by atoms with van der Waals surface area (Å²) in [6.07, 6.45) is 4.78. The molecule has 20 heavy (non-hydrogen) atoms. The molecule has 0 aliphatic heterocycles. The van der Waals surface area contributed by atoms with Crippen LogP contribution in [0.3, 0.4) is 0 Å². The average Bonchev–Trinajstić information content (AvgIpc) is 2.46. The molecule has 1 saturated carbocycles. The van der Waals surface area contributed by atoms with Gasteiger partial charge in [-0.1, -0.05) is 0 Å². The number of aliphatic carboxylic acids is 1. The molecule has 2 rings (SSSR count). The summed E-state index contributed by atoms with van der Waals surface area (Å²) in [5.74, 6) is -0.172. The van der Waals surface area contributed by atoms with Crippen molar-refractivity contribution in [3.8, 4) is 0 Å². The van der Waals surface area contributed by atoms with E-state index in [1.165, 1.54) is 6.20 Å². The van der Waals surface area contributed by atoms with E-state index >= 15 is 0 Å². The van der Waals surface area contributed by atoms with Crippen LogP contribution in [0, 0.1) is 11.8 Å². The number of rotatable bonds is 5. The number of amides is 1. The molecule has 1 aliphatic rings. The minimum Gasteiger partial charge on any atom is -0.481 e. The van der Waals surface area contributed by atoms with Gasteiger partial charge < -0.3 is 16.2 Å². The Morgan fingerprint density at radius 1 is 1.30 bits per heavy atom. The molecular formula is C14H19N3O3. The van der Waals surface area contributed by atoms with Crippen molar-refractivity contribution >= 4 is 17.7 Å². The van der Waals surface area contributed by atoms with Gasteiger partial charge in [0.2, 0.25) is 5.91 Å². The van der Waals surface area contributed by atoms with Crippen molar-refractivity contribution in [3.05, 3.63) is 23.9 Å². The van der Waals surface area contributed by atoms with Crippen LogP contribution in [0.2, 0.25) is 0 Å². The number of carboxylic acid groups (broad SMARTS) is 1. The second kappa shape index (κ2) is 6.36. The zero-order valence-corrected chi connectivity index (χ0v) is 11.2. The van der Waals surface area contributed by atoms with E-state index in [0.717, 1.165) is 32.2 Å². The van der Waals surface area contributed by atoms with Gasteiger partial charge in [-0.25, -0.2) is 4.98 Å². The molecule has 1 aliphatic carbocycles. The number of hydrogen-bond acceptors (Lipinski definition) is 4. The van der Waals surface area contributed by atoms with Crippen LogP contribution >= 0.6 is 0 Å². The molecule has 0 aromatic carbocycles. The molecule has 1 aromatic heterocycles. The molecule has 0 radical (unpaired) electrons. The second-order valence-corrected chi connectivity index (χ2v) is 5.23. The van der Waals surface area contributed by atoms with E-state index in [-0.39, 0.29) is 5.92 Å². The van der Waals surface area contributed by atoms with Crippen molar-refractivity contribution in [2.45, 2.75) is 25.7 Å².